The molecule has 202 valence electrons. The van der Waals surface area contributed by atoms with Crippen LogP contribution in [-0.2, 0) is 14.3 Å². The van der Waals surface area contributed by atoms with E-state index in [4.69, 9.17) is 4.74 Å². The van der Waals surface area contributed by atoms with Crippen LogP contribution in [0.15, 0.2) is 17.6 Å². The highest BCUT2D eigenvalue weighted by molar-refractivity contribution is 7.99. The van der Waals surface area contributed by atoms with Crippen molar-refractivity contribution in [3.63, 3.8) is 0 Å². The number of esters is 1. The van der Waals surface area contributed by atoms with Gasteiger partial charge in [0.1, 0.15) is 18.6 Å². The Morgan fingerprint density at radius 3 is 2.53 bits per heavy atom. The van der Waals surface area contributed by atoms with Crippen LogP contribution in [0.3, 0.4) is 0 Å². The molecule has 0 radical (unpaired) electrons. The number of morpholine rings is 1. The molecule has 0 bridgehead atoms. The summed E-state index contributed by atoms with van der Waals surface area (Å²) in [5.74, 6) is 0.419. The average Bonchev–Trinajstić information content (AvgIpc) is 3.16. The number of unbranched alkanes of at least 4 members (excludes halogenated alkanes) is 1. The molecular formula is C24H34F4N4O3S. The summed E-state index contributed by atoms with van der Waals surface area (Å²) in [7, 11) is 0. The molecule has 0 spiro atoms. The summed E-state index contributed by atoms with van der Waals surface area (Å²) in [4.78, 5) is 21.9. The third kappa shape index (κ3) is 7.47. The van der Waals surface area contributed by atoms with Crippen molar-refractivity contribution in [1.82, 2.24) is 14.5 Å². The average molecular weight is 535 g/mol. The first kappa shape index (κ1) is 28.5. The maximum atomic E-state index is 13.9. The highest BCUT2D eigenvalue weighted by atomic mass is 32.2. The standard InChI is InChI=1S/C24H34F4N4O3S/c1-5-7-8-17(6-2)13-34-20(33)9-10-36-22-29-11-18-21(30-22)19(12-32(18)16(3)4)31-14-23(25,26)35-24(27,28)15-31/h11-12,16-17H,5-10,13-15H2,1-4H3. The van der Waals surface area contributed by atoms with E-state index in [9.17, 15) is 22.4 Å². The number of hydrogen-bond acceptors (Lipinski definition) is 7. The Hall–Kier alpha value is -2.08. The highest BCUT2D eigenvalue weighted by Gasteiger charge is 2.52. The number of fused-ring (bicyclic) bond motifs is 1. The number of thioether (sulfide) groups is 1. The van der Waals surface area contributed by atoms with Crippen molar-refractivity contribution in [2.45, 2.75) is 83.2 Å². The minimum Gasteiger partial charge on any atom is -0.465 e. The van der Waals surface area contributed by atoms with E-state index in [-0.39, 0.29) is 24.1 Å². The van der Waals surface area contributed by atoms with Crippen molar-refractivity contribution in [3.05, 3.63) is 12.4 Å². The van der Waals surface area contributed by atoms with Crippen molar-refractivity contribution in [2.24, 2.45) is 5.92 Å². The van der Waals surface area contributed by atoms with Gasteiger partial charge >= 0.3 is 18.2 Å². The molecule has 0 saturated carbocycles. The predicted octanol–water partition coefficient (Wildman–Crippen LogP) is 6.28. The number of carbonyl (C=O) groups excluding carboxylic acids is 1. The van der Waals surface area contributed by atoms with Crippen LogP contribution in [-0.4, -0.2) is 58.2 Å². The summed E-state index contributed by atoms with van der Waals surface area (Å²) >= 11 is 1.22. The van der Waals surface area contributed by atoms with Crippen molar-refractivity contribution >= 4 is 34.5 Å². The quantitative estimate of drug-likeness (QED) is 0.137. The predicted molar refractivity (Wildman–Crippen MR) is 131 cm³/mol. The number of rotatable bonds is 12. The largest absolute Gasteiger partial charge is 0.465 e. The minimum absolute atomic E-state index is 0.0792. The number of aromatic nitrogens is 3. The van der Waals surface area contributed by atoms with Crippen LogP contribution in [0.1, 0.15) is 65.8 Å². The second-order valence-electron chi connectivity index (χ2n) is 9.33. The molecule has 2 aromatic rings. The lowest BCUT2D eigenvalue weighted by atomic mass is 10.0. The molecular weight excluding hydrogens is 500 g/mol. The van der Waals surface area contributed by atoms with E-state index in [0.717, 1.165) is 30.6 Å². The van der Waals surface area contributed by atoms with E-state index in [2.05, 4.69) is 28.6 Å². The molecule has 2 aromatic heterocycles. The first-order valence-corrected chi connectivity index (χ1v) is 13.3. The van der Waals surface area contributed by atoms with Gasteiger partial charge in [0.25, 0.3) is 0 Å². The summed E-state index contributed by atoms with van der Waals surface area (Å²) in [6, 6.07) is -0.0792. The molecule has 1 saturated heterocycles. The molecule has 0 N–H and O–H groups in total. The molecule has 36 heavy (non-hydrogen) atoms. The topological polar surface area (TPSA) is 69.5 Å². The van der Waals surface area contributed by atoms with Gasteiger partial charge in [0.2, 0.25) is 0 Å². The van der Waals surface area contributed by atoms with Crippen LogP contribution >= 0.6 is 11.8 Å². The summed E-state index contributed by atoms with van der Waals surface area (Å²) in [6.07, 6.45) is -0.580. The maximum Gasteiger partial charge on any atom is 0.377 e. The monoisotopic (exact) mass is 534 g/mol. The second-order valence-corrected chi connectivity index (χ2v) is 10.4. The Bertz CT molecular complexity index is 1020. The Morgan fingerprint density at radius 1 is 1.22 bits per heavy atom. The number of ether oxygens (including phenoxy) is 2. The van der Waals surface area contributed by atoms with Gasteiger partial charge in [0, 0.05) is 18.0 Å². The molecule has 1 aliphatic heterocycles. The fraction of sp³-hybridized carbons (Fsp3) is 0.708. The normalized spacial score (nSPS) is 18.1. The van der Waals surface area contributed by atoms with Crippen LogP contribution in [0.5, 0.6) is 0 Å². The first-order chi connectivity index (χ1) is 16.9. The van der Waals surface area contributed by atoms with Crippen LogP contribution in [0, 0.1) is 5.92 Å². The molecule has 0 amide bonds. The molecule has 1 unspecified atom stereocenters. The molecule has 0 aromatic carbocycles. The lowest BCUT2D eigenvalue weighted by Gasteiger charge is -2.37. The summed E-state index contributed by atoms with van der Waals surface area (Å²) in [5.41, 5.74) is 0.987. The lowest BCUT2D eigenvalue weighted by Crippen LogP contribution is -2.55. The molecule has 0 aliphatic carbocycles. The number of halogens is 4. The Labute approximate surface area is 212 Å². The van der Waals surface area contributed by atoms with E-state index in [1.54, 1.807) is 10.8 Å². The molecule has 12 heteroatoms. The molecule has 1 fully saturated rings. The van der Waals surface area contributed by atoms with Crippen molar-refractivity contribution in [1.29, 1.82) is 0 Å². The molecule has 1 aliphatic rings. The van der Waals surface area contributed by atoms with Crippen LogP contribution < -0.4 is 4.90 Å². The minimum atomic E-state index is -4.01. The fourth-order valence-corrected chi connectivity index (χ4v) is 4.82. The van der Waals surface area contributed by atoms with Crippen molar-refractivity contribution < 1.29 is 31.8 Å². The molecule has 1 atom stereocenters. The number of anilines is 1. The number of carbonyl (C=O) groups is 1. The van der Waals surface area contributed by atoms with Gasteiger partial charge in [-0.1, -0.05) is 44.9 Å². The SMILES string of the molecule is CCCCC(CC)COC(=O)CCSc1ncc2c(n1)c(N1CC(F)(F)OC(F)(F)C1)cn2C(C)C. The Balaban J connectivity index is 1.70. The van der Waals surface area contributed by atoms with Gasteiger partial charge in [-0.25, -0.2) is 9.97 Å². The van der Waals surface area contributed by atoms with Crippen LogP contribution in [0.2, 0.25) is 0 Å². The fourth-order valence-electron chi connectivity index (χ4n) is 4.09. The molecule has 7 nitrogen and oxygen atoms in total. The lowest BCUT2D eigenvalue weighted by molar-refractivity contribution is -0.380. The van der Waals surface area contributed by atoms with Crippen molar-refractivity contribution in [2.75, 3.05) is 30.3 Å². The molecule has 3 rings (SSSR count). The number of alkyl halides is 4. The van der Waals surface area contributed by atoms with Gasteiger partial charge in [-0.2, -0.15) is 17.6 Å². The first-order valence-electron chi connectivity index (χ1n) is 12.3. The van der Waals surface area contributed by atoms with Crippen molar-refractivity contribution in [3.8, 4) is 0 Å². The van der Waals surface area contributed by atoms with Crippen LogP contribution in [0.25, 0.3) is 11.0 Å². The third-order valence-electron chi connectivity index (χ3n) is 6.04. The second kappa shape index (κ2) is 12.0. The van der Waals surface area contributed by atoms with Gasteiger partial charge in [0.15, 0.2) is 5.16 Å². The zero-order valence-electron chi connectivity index (χ0n) is 21.1. The zero-order valence-corrected chi connectivity index (χ0v) is 21.9. The van der Waals surface area contributed by atoms with E-state index in [1.807, 2.05) is 13.8 Å². The smallest absolute Gasteiger partial charge is 0.377 e. The summed E-state index contributed by atoms with van der Waals surface area (Å²) in [6.45, 7) is 6.34. The third-order valence-corrected chi connectivity index (χ3v) is 6.90. The number of hydrogen-bond donors (Lipinski definition) is 0. The van der Waals surface area contributed by atoms with Gasteiger partial charge < -0.3 is 14.2 Å². The Kier molecular flexibility index (Phi) is 9.48. The van der Waals surface area contributed by atoms with E-state index in [1.165, 1.54) is 18.0 Å². The van der Waals surface area contributed by atoms with Gasteiger partial charge in [0.05, 0.1) is 30.4 Å². The highest BCUT2D eigenvalue weighted by Crippen LogP contribution is 2.39. The summed E-state index contributed by atoms with van der Waals surface area (Å²) < 4.78 is 66.4. The van der Waals surface area contributed by atoms with Crippen LogP contribution in [0.4, 0.5) is 23.2 Å². The zero-order chi connectivity index (χ0) is 26.5. The molecule has 3 heterocycles. The maximum absolute atomic E-state index is 13.9. The van der Waals surface area contributed by atoms with E-state index < -0.39 is 25.3 Å². The summed E-state index contributed by atoms with van der Waals surface area (Å²) in [5, 5.41) is 0.319. The number of nitrogens with zero attached hydrogens (tertiary/aromatic N) is 4. The Morgan fingerprint density at radius 2 is 1.92 bits per heavy atom. The van der Waals surface area contributed by atoms with E-state index >= 15 is 0 Å². The van der Waals surface area contributed by atoms with E-state index in [0.29, 0.717) is 34.5 Å². The van der Waals surface area contributed by atoms with Gasteiger partial charge in [-0.05, 0) is 26.2 Å². The van der Waals surface area contributed by atoms with Gasteiger partial charge in [-0.3, -0.25) is 9.53 Å². The van der Waals surface area contributed by atoms with Gasteiger partial charge in [-0.15, -0.1) is 0 Å².